The molecule has 2 aliphatic rings. The van der Waals surface area contributed by atoms with E-state index in [4.69, 9.17) is 0 Å². The highest BCUT2D eigenvalue weighted by atomic mass is 16.2. The molecule has 0 aliphatic heterocycles. The van der Waals surface area contributed by atoms with E-state index in [9.17, 15) is 14.4 Å². The van der Waals surface area contributed by atoms with Crippen LogP contribution in [0.5, 0.6) is 0 Å². The van der Waals surface area contributed by atoms with Gasteiger partial charge in [-0.15, -0.1) is 0 Å². The van der Waals surface area contributed by atoms with Gasteiger partial charge < -0.3 is 10.6 Å². The van der Waals surface area contributed by atoms with Crippen molar-refractivity contribution in [1.29, 1.82) is 0 Å². The van der Waals surface area contributed by atoms with Gasteiger partial charge in [-0.05, 0) is 139 Å². The van der Waals surface area contributed by atoms with Gasteiger partial charge in [0.2, 0.25) is 11.8 Å². The van der Waals surface area contributed by atoms with E-state index < -0.39 is 5.92 Å². The van der Waals surface area contributed by atoms with Crippen LogP contribution in [0.4, 0.5) is 0 Å². The monoisotopic (exact) mass is 765 g/mol. The Morgan fingerprint density at radius 2 is 1.16 bits per heavy atom. The molecule has 1 unspecified atom stereocenters. The van der Waals surface area contributed by atoms with Crippen molar-refractivity contribution >= 4 is 17.6 Å². The molecule has 5 heteroatoms. The van der Waals surface area contributed by atoms with Gasteiger partial charge in [0.05, 0.1) is 0 Å². The summed E-state index contributed by atoms with van der Waals surface area (Å²) in [6.07, 6.45) is 35.6. The maximum atomic E-state index is 13.1. The number of allylic oxidation sites excluding steroid dienone is 19. The number of rotatable bonds is 21. The Hall–Kier alpha value is -3.99. The molecular weight excluding hydrogens is 689 g/mol. The Morgan fingerprint density at radius 3 is 1.66 bits per heavy atom. The zero-order chi connectivity index (χ0) is 41.7. The van der Waals surface area contributed by atoms with Crippen LogP contribution in [-0.2, 0) is 14.4 Å². The maximum absolute atomic E-state index is 13.1. The van der Waals surface area contributed by atoms with Crippen molar-refractivity contribution in [2.45, 2.75) is 153 Å². The van der Waals surface area contributed by atoms with Gasteiger partial charge in [0.15, 0.2) is 5.78 Å². The number of amides is 2. The average Bonchev–Trinajstić information content (AvgIpc) is 3.10. The first-order chi connectivity index (χ1) is 26.4. The minimum absolute atomic E-state index is 0.0472. The van der Waals surface area contributed by atoms with Crippen molar-refractivity contribution in [3.05, 3.63) is 117 Å². The lowest BCUT2D eigenvalue weighted by molar-refractivity contribution is -0.128. The van der Waals surface area contributed by atoms with Crippen molar-refractivity contribution in [2.24, 2.45) is 16.7 Å². The fourth-order valence-electron chi connectivity index (χ4n) is 7.76. The fourth-order valence-corrected chi connectivity index (χ4v) is 7.76. The third-order valence-electron chi connectivity index (χ3n) is 11.2. The van der Waals surface area contributed by atoms with Crippen LogP contribution in [0.1, 0.15) is 153 Å². The smallest absolute Gasteiger partial charge is 0.244 e. The van der Waals surface area contributed by atoms with Crippen LogP contribution < -0.4 is 10.6 Å². The summed E-state index contributed by atoms with van der Waals surface area (Å²) < 4.78 is 0. The molecule has 0 aromatic carbocycles. The maximum Gasteiger partial charge on any atom is 0.244 e. The number of carbonyl (C=O) groups excluding carboxylic acids is 3. The third-order valence-corrected chi connectivity index (χ3v) is 11.2. The highest BCUT2D eigenvalue weighted by Crippen LogP contribution is 2.41. The molecule has 0 fully saturated rings. The van der Waals surface area contributed by atoms with Gasteiger partial charge in [-0.3, -0.25) is 14.4 Å². The summed E-state index contributed by atoms with van der Waals surface area (Å²) in [5, 5.41) is 6.00. The summed E-state index contributed by atoms with van der Waals surface area (Å²) in [5.41, 5.74) is 10.4. The van der Waals surface area contributed by atoms with Crippen LogP contribution in [-0.4, -0.2) is 30.7 Å². The molecule has 5 nitrogen and oxygen atoms in total. The number of hydrogen-bond acceptors (Lipinski definition) is 3. The molecule has 0 spiro atoms. The van der Waals surface area contributed by atoms with Gasteiger partial charge in [0, 0.05) is 31.5 Å². The SMILES string of the molecule is CCCCNC(=O)C(CCCCNC(=O)/C=C(C)/C=C/C=C(C)/C=C/C1=C(C)CCCC1(C)C)CC(=O)/C=C(C)/C=C/C=C(C)/C=C/C1=C(C)CCCC1(C)C. The fraction of sp³-hybridized carbons (Fsp3) is 0.549. The summed E-state index contributed by atoms with van der Waals surface area (Å²) in [6, 6.07) is 0. The predicted molar refractivity (Wildman–Crippen MR) is 240 cm³/mol. The second-order valence-corrected chi connectivity index (χ2v) is 17.6. The summed E-state index contributed by atoms with van der Waals surface area (Å²) in [5.74, 6) is -0.641. The normalized spacial score (nSPS) is 19.2. The highest BCUT2D eigenvalue weighted by molar-refractivity contribution is 5.94. The molecule has 0 saturated carbocycles. The van der Waals surface area contributed by atoms with Crippen LogP contribution >= 0.6 is 0 Å². The molecular formula is C51H76N2O3. The Morgan fingerprint density at radius 1 is 0.661 bits per heavy atom. The first kappa shape index (κ1) is 48.2. The minimum Gasteiger partial charge on any atom is -0.356 e. The minimum atomic E-state index is -0.397. The molecule has 0 aromatic rings. The van der Waals surface area contributed by atoms with Crippen LogP contribution in [0.3, 0.4) is 0 Å². The van der Waals surface area contributed by atoms with E-state index >= 15 is 0 Å². The summed E-state index contributed by atoms with van der Waals surface area (Å²) in [4.78, 5) is 38.8. The van der Waals surface area contributed by atoms with E-state index in [1.165, 1.54) is 60.8 Å². The van der Waals surface area contributed by atoms with E-state index in [1.54, 1.807) is 12.2 Å². The van der Waals surface area contributed by atoms with Gasteiger partial charge in [0.1, 0.15) is 0 Å². The number of ketones is 1. The lowest BCUT2D eigenvalue weighted by Gasteiger charge is -2.33. The van der Waals surface area contributed by atoms with Crippen molar-refractivity contribution in [1.82, 2.24) is 10.6 Å². The lowest BCUT2D eigenvalue weighted by Crippen LogP contribution is -2.32. The zero-order valence-electron chi connectivity index (χ0n) is 37.1. The van der Waals surface area contributed by atoms with E-state index in [0.717, 1.165) is 48.0 Å². The highest BCUT2D eigenvalue weighted by Gasteiger charge is 2.27. The van der Waals surface area contributed by atoms with Crippen LogP contribution in [0.25, 0.3) is 0 Å². The van der Waals surface area contributed by atoms with Crippen LogP contribution in [0.2, 0.25) is 0 Å². The molecule has 0 heterocycles. The quantitative estimate of drug-likeness (QED) is 0.0694. The van der Waals surface area contributed by atoms with Gasteiger partial charge in [-0.25, -0.2) is 0 Å². The zero-order valence-corrected chi connectivity index (χ0v) is 37.1. The molecule has 2 rings (SSSR count). The summed E-state index contributed by atoms with van der Waals surface area (Å²) in [6.45, 7) is 25.1. The van der Waals surface area contributed by atoms with Gasteiger partial charge in [-0.1, -0.05) is 131 Å². The topological polar surface area (TPSA) is 75.3 Å². The number of nitrogens with one attached hydrogen (secondary N) is 2. The van der Waals surface area contributed by atoms with Crippen LogP contribution in [0, 0.1) is 16.7 Å². The standard InChI is InChI=1S/C51H76N2O3/c1-12-13-33-53-49(56)44(37-45(54)35-40(4)22-16-20-38(2)27-29-46-42(6)24-18-31-50(46,8)9)26-14-15-34-52-48(55)36-41(5)23-17-21-39(3)28-30-47-43(7)25-19-32-51(47,10)11/h16-17,20-23,27-30,35-36,44H,12-15,18-19,24-26,31-34,37H2,1-11H3,(H,52,55)(H,53,56)/b22-16+,23-17+,29-27+,30-28+,38-20+,39-21+,40-35+,41-36+. The van der Waals surface area contributed by atoms with Crippen molar-refractivity contribution in [2.75, 3.05) is 13.1 Å². The Labute approximate surface area is 342 Å². The summed E-state index contributed by atoms with van der Waals surface area (Å²) in [7, 11) is 0. The Kier molecular flexibility index (Phi) is 21.2. The Bertz CT molecular complexity index is 1660. The molecule has 0 aromatic heterocycles. The Balaban J connectivity index is 1.88. The second kappa shape index (κ2) is 24.6. The molecule has 0 bridgehead atoms. The van der Waals surface area contributed by atoms with Crippen LogP contribution in [0.15, 0.2) is 117 Å². The molecule has 0 radical (unpaired) electrons. The first-order valence-electron chi connectivity index (χ1n) is 21.4. The second-order valence-electron chi connectivity index (χ2n) is 17.6. The van der Waals surface area contributed by atoms with E-state index in [0.29, 0.717) is 19.5 Å². The van der Waals surface area contributed by atoms with Crippen molar-refractivity contribution < 1.29 is 14.4 Å². The number of carbonyl (C=O) groups is 3. The predicted octanol–water partition coefficient (Wildman–Crippen LogP) is 12.8. The molecule has 2 N–H and O–H groups in total. The number of hydrogen-bond donors (Lipinski definition) is 2. The average molecular weight is 765 g/mol. The van der Waals surface area contributed by atoms with Crippen molar-refractivity contribution in [3.63, 3.8) is 0 Å². The molecule has 2 amide bonds. The molecule has 308 valence electrons. The lowest BCUT2D eigenvalue weighted by atomic mass is 9.72. The van der Waals surface area contributed by atoms with E-state index in [1.807, 2.05) is 38.2 Å². The molecule has 56 heavy (non-hydrogen) atoms. The van der Waals surface area contributed by atoms with Crippen molar-refractivity contribution in [3.8, 4) is 0 Å². The number of unbranched alkanes of at least 4 members (excludes halogenated alkanes) is 2. The molecule has 0 saturated heterocycles. The van der Waals surface area contributed by atoms with E-state index in [2.05, 4.69) is 109 Å². The summed E-state index contributed by atoms with van der Waals surface area (Å²) >= 11 is 0. The molecule has 1 atom stereocenters. The van der Waals surface area contributed by atoms with E-state index in [-0.39, 0.29) is 34.8 Å². The van der Waals surface area contributed by atoms with Gasteiger partial charge in [0.25, 0.3) is 0 Å². The van der Waals surface area contributed by atoms with Gasteiger partial charge >= 0.3 is 0 Å². The largest absolute Gasteiger partial charge is 0.356 e. The molecule has 2 aliphatic carbocycles. The third kappa shape index (κ3) is 18.3. The van der Waals surface area contributed by atoms with Gasteiger partial charge in [-0.2, -0.15) is 0 Å². The first-order valence-corrected chi connectivity index (χ1v) is 21.4.